The first kappa shape index (κ1) is 12.0. The van der Waals surface area contributed by atoms with E-state index in [0.29, 0.717) is 0 Å². The fourth-order valence-corrected chi connectivity index (χ4v) is 3.73. The van der Waals surface area contributed by atoms with E-state index < -0.39 is 0 Å². The van der Waals surface area contributed by atoms with Gasteiger partial charge in [-0.1, -0.05) is 0 Å². The molecule has 0 aromatic carbocycles. The van der Waals surface area contributed by atoms with Crippen molar-refractivity contribution in [1.82, 2.24) is 5.32 Å². The summed E-state index contributed by atoms with van der Waals surface area (Å²) in [6.07, 6.45) is 3.91. The second-order valence-electron chi connectivity index (χ2n) is 5.07. The predicted octanol–water partition coefficient (Wildman–Crippen LogP) is 3.99. The molecule has 2 aromatic rings. The maximum Gasteiger partial charge on any atom is 0.120 e. The molecule has 2 nitrogen and oxygen atoms in total. The van der Waals surface area contributed by atoms with E-state index in [-0.39, 0.29) is 6.04 Å². The van der Waals surface area contributed by atoms with Crippen LogP contribution < -0.4 is 5.32 Å². The number of hydrogen-bond acceptors (Lipinski definition) is 3. The van der Waals surface area contributed by atoms with Crippen LogP contribution in [0.2, 0.25) is 0 Å². The molecular formula is C15H19NOS. The molecule has 2 heterocycles. The van der Waals surface area contributed by atoms with E-state index in [2.05, 4.69) is 24.4 Å². The van der Waals surface area contributed by atoms with Crippen molar-refractivity contribution in [3.8, 4) is 0 Å². The Bertz CT molecular complexity index is 519. The van der Waals surface area contributed by atoms with Gasteiger partial charge in [0.2, 0.25) is 0 Å². The van der Waals surface area contributed by atoms with E-state index in [4.69, 9.17) is 4.42 Å². The Hall–Kier alpha value is -1.06. The Balaban J connectivity index is 1.60. The van der Waals surface area contributed by atoms with Gasteiger partial charge in [0.25, 0.3) is 0 Å². The fourth-order valence-electron chi connectivity index (χ4n) is 2.52. The van der Waals surface area contributed by atoms with Crippen LogP contribution in [0.5, 0.6) is 0 Å². The Morgan fingerprint density at radius 3 is 3.00 bits per heavy atom. The van der Waals surface area contributed by atoms with Crippen LogP contribution in [0.4, 0.5) is 0 Å². The highest BCUT2D eigenvalue weighted by Gasteiger charge is 2.15. The first-order chi connectivity index (χ1) is 8.72. The third-order valence-electron chi connectivity index (χ3n) is 3.57. The lowest BCUT2D eigenvalue weighted by Gasteiger charge is -2.10. The van der Waals surface area contributed by atoms with Gasteiger partial charge in [-0.2, -0.15) is 0 Å². The molecule has 0 aliphatic heterocycles. The third-order valence-corrected chi connectivity index (χ3v) is 4.81. The van der Waals surface area contributed by atoms with Crippen molar-refractivity contribution < 1.29 is 4.42 Å². The zero-order chi connectivity index (χ0) is 12.5. The molecule has 1 atom stereocenters. The predicted molar refractivity (Wildman–Crippen MR) is 75.0 cm³/mol. The van der Waals surface area contributed by atoms with E-state index in [1.165, 1.54) is 24.1 Å². The molecule has 0 spiro atoms. The summed E-state index contributed by atoms with van der Waals surface area (Å²) in [5.74, 6) is 2.00. The maximum absolute atomic E-state index is 5.64. The molecule has 0 saturated carbocycles. The summed E-state index contributed by atoms with van der Waals surface area (Å²) in [7, 11) is 0. The molecule has 1 aliphatic rings. The smallest absolute Gasteiger partial charge is 0.120 e. The normalized spacial score (nSPS) is 15.9. The van der Waals surface area contributed by atoms with Crippen LogP contribution in [0, 0.1) is 6.92 Å². The molecule has 0 fully saturated rings. The quantitative estimate of drug-likeness (QED) is 0.900. The van der Waals surface area contributed by atoms with Gasteiger partial charge in [-0.05, 0) is 56.9 Å². The molecule has 0 amide bonds. The monoisotopic (exact) mass is 261 g/mol. The molecule has 0 radical (unpaired) electrons. The topological polar surface area (TPSA) is 25.2 Å². The van der Waals surface area contributed by atoms with Crippen molar-refractivity contribution in [3.63, 3.8) is 0 Å². The average Bonchev–Trinajstić information content (AvgIpc) is 3.00. The second kappa shape index (κ2) is 4.90. The molecule has 1 N–H and O–H groups in total. The van der Waals surface area contributed by atoms with Crippen molar-refractivity contribution in [2.45, 2.75) is 45.7 Å². The summed E-state index contributed by atoms with van der Waals surface area (Å²) in [6.45, 7) is 5.08. The molecule has 1 unspecified atom stereocenters. The van der Waals surface area contributed by atoms with Gasteiger partial charge >= 0.3 is 0 Å². The molecule has 3 rings (SSSR count). The van der Waals surface area contributed by atoms with Crippen LogP contribution in [0.15, 0.2) is 22.6 Å². The molecular weight excluding hydrogens is 242 g/mol. The number of aryl methyl sites for hydroxylation is 3. The zero-order valence-corrected chi connectivity index (χ0v) is 11.8. The van der Waals surface area contributed by atoms with Crippen LogP contribution >= 0.6 is 11.3 Å². The molecule has 18 heavy (non-hydrogen) atoms. The molecule has 3 heteroatoms. The number of furan rings is 1. The van der Waals surface area contributed by atoms with Crippen LogP contribution in [-0.2, 0) is 19.4 Å². The largest absolute Gasteiger partial charge is 0.465 e. The van der Waals surface area contributed by atoms with E-state index in [1.807, 2.05) is 24.3 Å². The fraction of sp³-hybridized carbons (Fsp3) is 0.467. The standard InChI is InChI=1S/C15H19NOS/c1-10-6-7-14(17-10)11(2)16-9-13-8-12-4-3-5-15(12)18-13/h6-8,11,16H,3-5,9H2,1-2H3. The van der Waals surface area contributed by atoms with Gasteiger partial charge in [0.05, 0.1) is 6.04 Å². The summed E-state index contributed by atoms with van der Waals surface area (Å²) in [5.41, 5.74) is 1.58. The molecule has 96 valence electrons. The number of nitrogens with one attached hydrogen (secondary N) is 1. The second-order valence-corrected chi connectivity index (χ2v) is 6.29. The van der Waals surface area contributed by atoms with Gasteiger partial charge in [-0.15, -0.1) is 11.3 Å². The van der Waals surface area contributed by atoms with Crippen LogP contribution in [0.3, 0.4) is 0 Å². The highest BCUT2D eigenvalue weighted by atomic mass is 32.1. The minimum atomic E-state index is 0.274. The molecule has 0 saturated heterocycles. The summed E-state index contributed by atoms with van der Waals surface area (Å²) >= 11 is 1.97. The Kier molecular flexibility index (Phi) is 3.27. The minimum absolute atomic E-state index is 0.274. The van der Waals surface area contributed by atoms with Crippen LogP contribution in [0.25, 0.3) is 0 Å². The summed E-state index contributed by atoms with van der Waals surface area (Å²) in [4.78, 5) is 3.06. The van der Waals surface area contributed by atoms with E-state index in [1.54, 1.807) is 10.4 Å². The van der Waals surface area contributed by atoms with E-state index in [0.717, 1.165) is 18.1 Å². The molecule has 1 aliphatic carbocycles. The van der Waals surface area contributed by atoms with Gasteiger partial charge in [0.15, 0.2) is 0 Å². The van der Waals surface area contributed by atoms with E-state index in [9.17, 15) is 0 Å². The van der Waals surface area contributed by atoms with Gasteiger partial charge in [0, 0.05) is 16.3 Å². The van der Waals surface area contributed by atoms with Crippen molar-refractivity contribution >= 4 is 11.3 Å². The van der Waals surface area contributed by atoms with Crippen molar-refractivity contribution in [2.24, 2.45) is 0 Å². The van der Waals surface area contributed by atoms with Gasteiger partial charge in [-0.25, -0.2) is 0 Å². The van der Waals surface area contributed by atoms with Crippen LogP contribution in [-0.4, -0.2) is 0 Å². The number of fused-ring (bicyclic) bond motifs is 1. The SMILES string of the molecule is Cc1ccc(C(C)NCc2cc3c(s2)CCC3)o1. The van der Waals surface area contributed by atoms with Gasteiger partial charge in [-0.3, -0.25) is 0 Å². The Labute approximate surface area is 112 Å². The first-order valence-electron chi connectivity index (χ1n) is 6.62. The maximum atomic E-state index is 5.64. The highest BCUT2D eigenvalue weighted by Crippen LogP contribution is 2.30. The average molecular weight is 261 g/mol. The number of hydrogen-bond donors (Lipinski definition) is 1. The molecule has 0 bridgehead atoms. The minimum Gasteiger partial charge on any atom is -0.465 e. The third kappa shape index (κ3) is 2.38. The van der Waals surface area contributed by atoms with Crippen molar-refractivity contribution in [1.29, 1.82) is 0 Å². The Morgan fingerprint density at radius 2 is 2.28 bits per heavy atom. The number of rotatable bonds is 4. The lowest BCUT2D eigenvalue weighted by molar-refractivity contribution is 0.416. The highest BCUT2D eigenvalue weighted by molar-refractivity contribution is 7.12. The summed E-state index contributed by atoms with van der Waals surface area (Å²) in [5, 5.41) is 3.53. The lowest BCUT2D eigenvalue weighted by Crippen LogP contribution is -2.16. The lowest BCUT2D eigenvalue weighted by atomic mass is 10.2. The Morgan fingerprint density at radius 1 is 1.39 bits per heavy atom. The zero-order valence-electron chi connectivity index (χ0n) is 11.0. The van der Waals surface area contributed by atoms with Crippen molar-refractivity contribution in [3.05, 3.63) is 45.0 Å². The first-order valence-corrected chi connectivity index (χ1v) is 7.44. The summed E-state index contributed by atoms with van der Waals surface area (Å²) in [6, 6.07) is 6.73. The van der Waals surface area contributed by atoms with Crippen molar-refractivity contribution in [2.75, 3.05) is 0 Å². The number of thiophene rings is 1. The molecule has 2 aromatic heterocycles. The van der Waals surface area contributed by atoms with Gasteiger partial charge < -0.3 is 9.73 Å². The van der Waals surface area contributed by atoms with E-state index >= 15 is 0 Å². The van der Waals surface area contributed by atoms with Gasteiger partial charge in [0.1, 0.15) is 11.5 Å². The van der Waals surface area contributed by atoms with Crippen LogP contribution in [0.1, 0.15) is 46.2 Å². The summed E-state index contributed by atoms with van der Waals surface area (Å²) < 4.78 is 5.64.